The van der Waals surface area contributed by atoms with Crippen molar-refractivity contribution in [3.63, 3.8) is 0 Å². The van der Waals surface area contributed by atoms with E-state index in [1.807, 2.05) is 0 Å². The minimum Gasteiger partial charge on any atom is -0.322 e. The molecule has 8 heteroatoms. The summed E-state index contributed by atoms with van der Waals surface area (Å²) in [5, 5.41) is 0. The summed E-state index contributed by atoms with van der Waals surface area (Å²) in [4.78, 5) is 0. The van der Waals surface area contributed by atoms with Gasteiger partial charge in [-0.25, -0.2) is 4.39 Å². The molecule has 0 bridgehead atoms. The molecule has 0 heterocycles. The van der Waals surface area contributed by atoms with Crippen molar-refractivity contribution in [2.24, 2.45) is 0 Å². The Morgan fingerprint density at radius 3 is 2.06 bits per heavy atom. The Bertz CT molecular complexity index is 272. The smallest absolute Gasteiger partial charge is 0.301 e. The van der Waals surface area contributed by atoms with Crippen LogP contribution in [-0.2, 0) is 20.9 Å². The van der Waals surface area contributed by atoms with Gasteiger partial charge in [0.2, 0.25) is 5.69 Å². The summed E-state index contributed by atoms with van der Waals surface area (Å²) in [5.41, 5.74) is -2.49. The third-order valence-corrected chi connectivity index (χ3v) is 6.91. The lowest BCUT2D eigenvalue weighted by atomic mass is 10.4. The number of hydrogen-bond acceptors (Lipinski definition) is 4. The molecule has 0 aromatic carbocycles. The highest BCUT2D eigenvalue weighted by Crippen LogP contribution is 2.61. The van der Waals surface area contributed by atoms with Crippen molar-refractivity contribution in [1.82, 2.24) is 0 Å². The predicted molar refractivity (Wildman–Crippen MR) is 65.0 cm³/mol. The summed E-state index contributed by atoms with van der Waals surface area (Å²) in [6.45, 7) is 4.31. The van der Waals surface area contributed by atoms with E-state index in [9.17, 15) is 13.2 Å². The topological polar surface area (TPSA) is 18.5 Å². The first-order valence-corrected chi connectivity index (χ1v) is 8.91. The highest BCUT2D eigenvalue weighted by Gasteiger charge is 2.19. The van der Waals surface area contributed by atoms with Gasteiger partial charge in [0.05, 0.1) is 13.2 Å². The van der Waals surface area contributed by atoms with Gasteiger partial charge >= 0.3 is 6.08 Å². The molecule has 0 radical (unpaired) electrons. The molecule has 0 aliphatic carbocycles. The van der Waals surface area contributed by atoms with Crippen LogP contribution in [0.25, 0.3) is 0 Å². The van der Waals surface area contributed by atoms with Crippen LogP contribution >= 0.6 is 17.1 Å². The minimum atomic E-state index is -2.49. The summed E-state index contributed by atoms with van der Waals surface area (Å²) in [6.07, 6.45) is -2.63. The number of halogens is 3. The van der Waals surface area contributed by atoms with Crippen molar-refractivity contribution in [2.75, 3.05) is 19.0 Å². The quantitative estimate of drug-likeness (QED) is 0.614. The van der Waals surface area contributed by atoms with Crippen molar-refractivity contribution in [3.8, 4) is 0 Å². The fourth-order valence-corrected chi connectivity index (χ4v) is 5.45. The summed E-state index contributed by atoms with van der Waals surface area (Å²) >= 11 is 6.21. The van der Waals surface area contributed by atoms with Gasteiger partial charge in [-0.15, -0.1) is 0 Å². The van der Waals surface area contributed by atoms with E-state index in [0.29, 0.717) is 13.2 Å². The molecule has 0 spiro atoms. The Morgan fingerprint density at radius 2 is 1.69 bits per heavy atom. The van der Waals surface area contributed by atoms with E-state index in [-0.39, 0.29) is 12.2 Å². The van der Waals surface area contributed by atoms with Crippen molar-refractivity contribution in [1.29, 1.82) is 0 Å². The van der Waals surface area contributed by atoms with Crippen LogP contribution in [0.2, 0.25) is 0 Å². The molecule has 0 amide bonds. The van der Waals surface area contributed by atoms with Gasteiger partial charge in [-0.2, -0.15) is 8.78 Å². The molecule has 0 saturated carbocycles. The maximum Gasteiger partial charge on any atom is 0.301 e. The molecule has 16 heavy (non-hydrogen) atoms. The highest BCUT2D eigenvalue weighted by atomic mass is 32.9. The molecule has 0 atom stereocenters. The third kappa shape index (κ3) is 6.91. The number of hydrogen-bond donors (Lipinski definition) is 0. The molecule has 0 aliphatic heterocycles. The fraction of sp³-hybridized carbons (Fsp3) is 0.750. The lowest BCUT2D eigenvalue weighted by molar-refractivity contribution is 0.280. The lowest BCUT2D eigenvalue weighted by Crippen LogP contribution is -1.93. The molecule has 0 aliphatic rings. The van der Waals surface area contributed by atoms with Crippen molar-refractivity contribution < 1.29 is 22.2 Å². The number of allylic oxidation sites excluding steroid dienone is 1. The van der Waals surface area contributed by atoms with Gasteiger partial charge in [-0.3, -0.25) is 0 Å². The first kappa shape index (κ1) is 16.4. The van der Waals surface area contributed by atoms with Gasteiger partial charge in [0.15, 0.2) is 5.83 Å². The van der Waals surface area contributed by atoms with Crippen LogP contribution in [0, 0.1) is 0 Å². The molecule has 0 saturated heterocycles. The summed E-state index contributed by atoms with van der Waals surface area (Å²) in [5.74, 6) is -1.28. The molecular formula is C8H14F3O2PS2. The number of rotatable bonds is 8. The summed E-state index contributed by atoms with van der Waals surface area (Å²) in [6, 6.07) is 0. The summed E-state index contributed by atoms with van der Waals surface area (Å²) in [7, 11) is 0. The monoisotopic (exact) mass is 294 g/mol. The standard InChI is InChI=1S/C8H14F3O2PS2/c1-3-12-14(15,13-4-2)16-6-5-7(9)8(10)11/h3-6H2,1-2H3. The highest BCUT2D eigenvalue weighted by molar-refractivity contribution is 8.67. The Hall–Kier alpha value is 0.450. The second-order valence-corrected chi connectivity index (χ2v) is 8.96. The largest absolute Gasteiger partial charge is 0.322 e. The van der Waals surface area contributed by atoms with E-state index in [1.54, 1.807) is 13.8 Å². The van der Waals surface area contributed by atoms with Crippen LogP contribution in [0.3, 0.4) is 0 Å². The average molecular weight is 294 g/mol. The third-order valence-electron chi connectivity index (χ3n) is 1.35. The van der Waals surface area contributed by atoms with Crippen LogP contribution in [0.1, 0.15) is 20.3 Å². The predicted octanol–water partition coefficient (Wildman–Crippen LogP) is 4.48. The SMILES string of the molecule is CCOP(=S)(OCC)SCCC(F)=C(F)F. The first-order valence-electron chi connectivity index (χ1n) is 4.68. The average Bonchev–Trinajstić information content (AvgIpc) is 2.17. The maximum absolute atomic E-state index is 12.5. The Kier molecular flexibility index (Phi) is 8.77. The van der Waals surface area contributed by atoms with Crippen LogP contribution < -0.4 is 0 Å². The Labute approximate surface area is 102 Å². The van der Waals surface area contributed by atoms with Crippen LogP contribution in [0.15, 0.2) is 11.9 Å². The van der Waals surface area contributed by atoms with E-state index < -0.39 is 17.6 Å². The van der Waals surface area contributed by atoms with Crippen LogP contribution in [0.5, 0.6) is 0 Å². The Balaban J connectivity index is 4.13. The zero-order chi connectivity index (χ0) is 12.6. The van der Waals surface area contributed by atoms with Gasteiger partial charge in [0.25, 0.3) is 0 Å². The Morgan fingerprint density at radius 1 is 1.19 bits per heavy atom. The molecular weight excluding hydrogens is 280 g/mol. The minimum absolute atomic E-state index is 0.125. The van der Waals surface area contributed by atoms with Gasteiger partial charge in [-0.05, 0) is 25.7 Å². The van der Waals surface area contributed by atoms with E-state index in [0.717, 1.165) is 11.4 Å². The first-order chi connectivity index (χ1) is 7.45. The van der Waals surface area contributed by atoms with Crippen molar-refractivity contribution >= 4 is 28.9 Å². The fourth-order valence-electron chi connectivity index (χ4n) is 0.770. The van der Waals surface area contributed by atoms with Crippen molar-refractivity contribution in [3.05, 3.63) is 11.9 Å². The normalized spacial score (nSPS) is 11.6. The molecule has 0 rings (SSSR count). The van der Waals surface area contributed by atoms with E-state index in [4.69, 9.17) is 20.9 Å². The molecule has 0 aromatic rings. The second-order valence-electron chi connectivity index (χ2n) is 2.53. The van der Waals surface area contributed by atoms with E-state index in [2.05, 4.69) is 0 Å². The molecule has 96 valence electrons. The molecule has 0 fully saturated rings. The van der Waals surface area contributed by atoms with Gasteiger partial charge < -0.3 is 9.05 Å². The van der Waals surface area contributed by atoms with Crippen molar-refractivity contribution in [2.45, 2.75) is 20.3 Å². The zero-order valence-electron chi connectivity index (χ0n) is 9.04. The second kappa shape index (κ2) is 8.53. The molecule has 0 aromatic heterocycles. The van der Waals surface area contributed by atoms with Crippen LogP contribution in [-0.4, -0.2) is 19.0 Å². The van der Waals surface area contributed by atoms with Gasteiger partial charge in [0.1, 0.15) is 0 Å². The van der Waals surface area contributed by atoms with E-state index in [1.165, 1.54) is 0 Å². The zero-order valence-corrected chi connectivity index (χ0v) is 11.6. The summed E-state index contributed by atoms with van der Waals surface area (Å²) < 4.78 is 46.5. The van der Waals surface area contributed by atoms with E-state index >= 15 is 0 Å². The molecule has 0 unspecified atom stereocenters. The van der Waals surface area contributed by atoms with Crippen LogP contribution in [0.4, 0.5) is 13.2 Å². The van der Waals surface area contributed by atoms with Gasteiger partial charge in [-0.1, -0.05) is 11.4 Å². The molecule has 2 nitrogen and oxygen atoms in total. The maximum atomic E-state index is 12.5. The molecule has 0 N–H and O–H groups in total. The lowest BCUT2D eigenvalue weighted by Gasteiger charge is -2.19. The van der Waals surface area contributed by atoms with Gasteiger partial charge in [0, 0.05) is 12.2 Å².